The molecule has 0 aliphatic carbocycles. The van der Waals surface area contributed by atoms with Crippen LogP contribution in [0.15, 0.2) is 12.4 Å². The molecule has 1 atom stereocenters. The van der Waals surface area contributed by atoms with E-state index < -0.39 is 6.10 Å². The lowest BCUT2D eigenvalue weighted by molar-refractivity contribution is -0.0196. The van der Waals surface area contributed by atoms with Crippen LogP contribution in [0.4, 0.5) is 0 Å². The van der Waals surface area contributed by atoms with Crippen molar-refractivity contribution in [3.8, 4) is 0 Å². The number of ether oxygens (including phenoxy) is 1. The molecule has 0 aliphatic heterocycles. The second-order valence-corrected chi connectivity index (χ2v) is 5.06. The van der Waals surface area contributed by atoms with Crippen LogP contribution in [-0.4, -0.2) is 33.5 Å². The van der Waals surface area contributed by atoms with Crippen molar-refractivity contribution in [2.75, 3.05) is 7.11 Å². The summed E-state index contributed by atoms with van der Waals surface area (Å²) in [6, 6.07) is 0. The molecule has 1 aromatic heterocycles. The van der Waals surface area contributed by atoms with Gasteiger partial charge < -0.3 is 14.4 Å². The van der Waals surface area contributed by atoms with Crippen LogP contribution in [0.5, 0.6) is 0 Å². The molecule has 1 aromatic rings. The third-order valence-electron chi connectivity index (χ3n) is 2.96. The molecular formula is C13H24N2O2. The van der Waals surface area contributed by atoms with E-state index in [0.717, 1.165) is 18.8 Å². The molecule has 4 heteroatoms. The molecule has 1 rings (SSSR count). The van der Waals surface area contributed by atoms with Gasteiger partial charge in [-0.3, -0.25) is 0 Å². The Kier molecular flexibility index (Phi) is 5.15. The summed E-state index contributed by atoms with van der Waals surface area (Å²) in [5.74, 6) is 0.950. The van der Waals surface area contributed by atoms with Gasteiger partial charge in [0.05, 0.1) is 11.7 Å². The van der Waals surface area contributed by atoms with Gasteiger partial charge in [-0.1, -0.05) is 6.92 Å². The maximum absolute atomic E-state index is 10.0. The van der Waals surface area contributed by atoms with Crippen molar-refractivity contribution < 1.29 is 9.84 Å². The van der Waals surface area contributed by atoms with Crippen molar-refractivity contribution in [3.63, 3.8) is 0 Å². The number of aromatic nitrogens is 2. The van der Waals surface area contributed by atoms with E-state index in [1.165, 1.54) is 0 Å². The largest absolute Gasteiger partial charge is 0.393 e. The Morgan fingerprint density at radius 3 is 2.82 bits per heavy atom. The number of aryl methyl sites for hydroxylation is 1. The van der Waals surface area contributed by atoms with Crippen LogP contribution in [0.1, 0.15) is 39.4 Å². The summed E-state index contributed by atoms with van der Waals surface area (Å²) in [6.45, 7) is 7.05. The van der Waals surface area contributed by atoms with E-state index in [9.17, 15) is 5.11 Å². The van der Waals surface area contributed by atoms with E-state index in [0.29, 0.717) is 12.8 Å². The molecule has 0 radical (unpaired) electrons. The highest BCUT2D eigenvalue weighted by atomic mass is 16.5. The predicted molar refractivity (Wildman–Crippen MR) is 67.9 cm³/mol. The highest BCUT2D eigenvalue weighted by Gasteiger charge is 2.22. The summed E-state index contributed by atoms with van der Waals surface area (Å²) in [5, 5.41) is 10.0. The molecule has 0 aliphatic rings. The Morgan fingerprint density at radius 1 is 1.53 bits per heavy atom. The average molecular weight is 240 g/mol. The zero-order valence-electron chi connectivity index (χ0n) is 11.3. The highest BCUT2D eigenvalue weighted by molar-refractivity contribution is 4.95. The number of methoxy groups -OCH3 is 1. The Morgan fingerprint density at radius 2 is 2.24 bits per heavy atom. The summed E-state index contributed by atoms with van der Waals surface area (Å²) >= 11 is 0. The van der Waals surface area contributed by atoms with Crippen molar-refractivity contribution in [1.82, 2.24) is 9.55 Å². The number of aliphatic hydroxyl groups is 1. The monoisotopic (exact) mass is 240 g/mol. The number of hydrogen-bond donors (Lipinski definition) is 1. The standard InChI is InChI=1S/C13H24N2O2/c1-5-7-15-8-6-14-12(15)9-11(16)10-13(2,3)17-4/h6,8,11,16H,5,7,9-10H2,1-4H3. The lowest BCUT2D eigenvalue weighted by atomic mass is 9.98. The van der Waals surface area contributed by atoms with Crippen LogP contribution in [0.25, 0.3) is 0 Å². The van der Waals surface area contributed by atoms with Crippen molar-refractivity contribution >= 4 is 0 Å². The summed E-state index contributed by atoms with van der Waals surface area (Å²) in [7, 11) is 1.67. The highest BCUT2D eigenvalue weighted by Crippen LogP contribution is 2.17. The van der Waals surface area contributed by atoms with Crippen molar-refractivity contribution in [1.29, 1.82) is 0 Å². The quantitative estimate of drug-likeness (QED) is 0.793. The zero-order chi connectivity index (χ0) is 12.9. The van der Waals surface area contributed by atoms with Gasteiger partial charge in [0, 0.05) is 38.9 Å². The van der Waals surface area contributed by atoms with Gasteiger partial charge in [-0.2, -0.15) is 0 Å². The Hall–Kier alpha value is -0.870. The van der Waals surface area contributed by atoms with Gasteiger partial charge in [-0.15, -0.1) is 0 Å². The number of aliphatic hydroxyl groups excluding tert-OH is 1. The molecule has 0 aromatic carbocycles. The minimum absolute atomic E-state index is 0.290. The molecule has 0 saturated carbocycles. The van der Waals surface area contributed by atoms with Crippen LogP contribution in [0, 0.1) is 0 Å². The Balaban J connectivity index is 2.55. The van der Waals surface area contributed by atoms with Crippen molar-refractivity contribution in [3.05, 3.63) is 18.2 Å². The SMILES string of the molecule is CCCn1ccnc1CC(O)CC(C)(C)OC. The lowest BCUT2D eigenvalue weighted by Crippen LogP contribution is -2.30. The number of hydrogen-bond acceptors (Lipinski definition) is 3. The molecule has 0 amide bonds. The molecule has 0 spiro atoms. The summed E-state index contributed by atoms with van der Waals surface area (Å²) in [4.78, 5) is 4.29. The maximum Gasteiger partial charge on any atom is 0.111 e. The van der Waals surface area contributed by atoms with Gasteiger partial charge in [0.1, 0.15) is 5.82 Å². The molecule has 0 bridgehead atoms. The van der Waals surface area contributed by atoms with Crippen LogP contribution in [-0.2, 0) is 17.7 Å². The molecule has 1 N–H and O–H groups in total. The van der Waals surface area contributed by atoms with E-state index in [4.69, 9.17) is 4.74 Å². The first kappa shape index (κ1) is 14.2. The minimum Gasteiger partial charge on any atom is -0.393 e. The van der Waals surface area contributed by atoms with E-state index in [-0.39, 0.29) is 5.60 Å². The summed E-state index contributed by atoms with van der Waals surface area (Å²) < 4.78 is 7.42. The van der Waals surface area contributed by atoms with Crippen LogP contribution in [0.2, 0.25) is 0 Å². The molecule has 17 heavy (non-hydrogen) atoms. The van der Waals surface area contributed by atoms with Gasteiger partial charge in [-0.05, 0) is 20.3 Å². The van der Waals surface area contributed by atoms with Crippen LogP contribution in [0.3, 0.4) is 0 Å². The Bertz CT molecular complexity index is 334. The van der Waals surface area contributed by atoms with E-state index in [2.05, 4.69) is 16.5 Å². The van der Waals surface area contributed by atoms with Crippen LogP contribution >= 0.6 is 0 Å². The van der Waals surface area contributed by atoms with Gasteiger partial charge in [0.15, 0.2) is 0 Å². The molecule has 0 fully saturated rings. The topological polar surface area (TPSA) is 47.3 Å². The Labute approximate surface area is 104 Å². The molecule has 98 valence electrons. The first-order chi connectivity index (χ1) is 7.98. The molecular weight excluding hydrogens is 216 g/mol. The van der Waals surface area contributed by atoms with Gasteiger partial charge in [-0.25, -0.2) is 4.98 Å². The van der Waals surface area contributed by atoms with Gasteiger partial charge in [0.2, 0.25) is 0 Å². The molecule has 1 heterocycles. The summed E-state index contributed by atoms with van der Waals surface area (Å²) in [6.07, 6.45) is 5.61. The molecule has 0 saturated heterocycles. The second-order valence-electron chi connectivity index (χ2n) is 5.06. The minimum atomic E-state index is -0.414. The fourth-order valence-electron chi connectivity index (χ4n) is 1.91. The van der Waals surface area contributed by atoms with E-state index >= 15 is 0 Å². The van der Waals surface area contributed by atoms with Gasteiger partial charge in [0.25, 0.3) is 0 Å². The number of rotatable bonds is 7. The fraction of sp³-hybridized carbons (Fsp3) is 0.769. The predicted octanol–water partition coefficient (Wildman–Crippen LogP) is 2.01. The second kappa shape index (κ2) is 6.17. The smallest absolute Gasteiger partial charge is 0.111 e. The van der Waals surface area contributed by atoms with Gasteiger partial charge >= 0.3 is 0 Å². The first-order valence-corrected chi connectivity index (χ1v) is 6.21. The summed E-state index contributed by atoms with van der Waals surface area (Å²) in [5.41, 5.74) is -0.290. The number of imidazole rings is 1. The molecule has 1 unspecified atom stereocenters. The third-order valence-corrected chi connectivity index (χ3v) is 2.96. The van der Waals surface area contributed by atoms with Crippen LogP contribution < -0.4 is 0 Å². The normalized spacial score (nSPS) is 13.9. The average Bonchev–Trinajstić information content (AvgIpc) is 2.65. The van der Waals surface area contributed by atoms with E-state index in [1.54, 1.807) is 13.3 Å². The van der Waals surface area contributed by atoms with Crippen molar-refractivity contribution in [2.45, 2.75) is 58.3 Å². The lowest BCUT2D eigenvalue weighted by Gasteiger charge is -2.25. The van der Waals surface area contributed by atoms with E-state index in [1.807, 2.05) is 20.0 Å². The number of nitrogens with zero attached hydrogens (tertiary/aromatic N) is 2. The fourth-order valence-corrected chi connectivity index (χ4v) is 1.91. The molecule has 4 nitrogen and oxygen atoms in total. The third kappa shape index (κ3) is 4.48. The first-order valence-electron chi connectivity index (χ1n) is 6.21. The maximum atomic E-state index is 10.0. The zero-order valence-corrected chi connectivity index (χ0v) is 11.3. The van der Waals surface area contributed by atoms with Crippen molar-refractivity contribution in [2.24, 2.45) is 0 Å².